The lowest BCUT2D eigenvalue weighted by Gasteiger charge is -2.48. The molecule has 1 saturated carbocycles. The van der Waals surface area contributed by atoms with E-state index in [0.717, 1.165) is 43.4 Å². The van der Waals surface area contributed by atoms with E-state index in [1.54, 1.807) is 13.3 Å². The minimum Gasteiger partial charge on any atom is -0.381 e. The van der Waals surface area contributed by atoms with Crippen molar-refractivity contribution < 1.29 is 4.74 Å². The Morgan fingerprint density at radius 3 is 2.71 bits per heavy atom. The molecule has 0 amide bonds. The molecule has 2 heterocycles. The van der Waals surface area contributed by atoms with Crippen LogP contribution in [-0.2, 0) is 17.6 Å². The SMILES string of the molecule is COC1CCC2(Cc3ccc(-c4cncc(Cl)c4)cc3C2)C2(C1)N=CC(C)=N2. The number of hydrogen-bond acceptors (Lipinski definition) is 4. The predicted molar refractivity (Wildman–Crippen MR) is 114 cm³/mol. The molecule has 1 aromatic carbocycles. The van der Waals surface area contributed by atoms with Gasteiger partial charge in [-0.2, -0.15) is 0 Å². The van der Waals surface area contributed by atoms with E-state index in [4.69, 9.17) is 26.3 Å². The molecule has 5 rings (SSSR count). The van der Waals surface area contributed by atoms with Gasteiger partial charge < -0.3 is 4.74 Å². The summed E-state index contributed by atoms with van der Waals surface area (Å²) in [5.74, 6) is 0. The summed E-state index contributed by atoms with van der Waals surface area (Å²) in [4.78, 5) is 14.3. The largest absolute Gasteiger partial charge is 0.381 e. The summed E-state index contributed by atoms with van der Waals surface area (Å²) in [6.07, 6.45) is 10.8. The third-order valence-electron chi connectivity index (χ3n) is 6.77. The molecule has 3 atom stereocenters. The van der Waals surface area contributed by atoms with Gasteiger partial charge in [0.05, 0.1) is 16.8 Å². The fraction of sp³-hybridized carbons (Fsp3) is 0.435. The molecule has 5 heteroatoms. The Morgan fingerprint density at radius 2 is 1.96 bits per heavy atom. The van der Waals surface area contributed by atoms with Crippen LogP contribution in [0.1, 0.15) is 37.3 Å². The molecule has 28 heavy (non-hydrogen) atoms. The standard InChI is InChI=1S/C23H24ClN3O/c1-15-12-26-23(27-15)11-21(28-2)5-6-22(23)9-17-4-3-16(7-18(17)10-22)19-8-20(24)14-25-13-19/h3-4,7-8,12-14,21H,5-6,9-11H2,1-2H3. The first kappa shape index (κ1) is 18.0. The number of fused-ring (bicyclic) bond motifs is 2. The summed E-state index contributed by atoms with van der Waals surface area (Å²) < 4.78 is 5.72. The van der Waals surface area contributed by atoms with Crippen molar-refractivity contribution in [1.29, 1.82) is 0 Å². The van der Waals surface area contributed by atoms with E-state index < -0.39 is 0 Å². The first-order valence-electron chi connectivity index (χ1n) is 9.90. The van der Waals surface area contributed by atoms with Crippen molar-refractivity contribution in [3.05, 3.63) is 52.8 Å². The van der Waals surface area contributed by atoms with Gasteiger partial charge in [0.25, 0.3) is 0 Å². The van der Waals surface area contributed by atoms with Crippen molar-refractivity contribution in [3.8, 4) is 11.1 Å². The Bertz CT molecular complexity index is 1000. The summed E-state index contributed by atoms with van der Waals surface area (Å²) in [7, 11) is 1.81. The minimum absolute atomic E-state index is 0.0455. The number of benzene rings is 1. The number of halogens is 1. The summed E-state index contributed by atoms with van der Waals surface area (Å²) in [5, 5.41) is 0.663. The molecule has 2 aliphatic carbocycles. The predicted octanol–water partition coefficient (Wildman–Crippen LogP) is 4.93. The maximum absolute atomic E-state index is 6.15. The van der Waals surface area contributed by atoms with Crippen LogP contribution < -0.4 is 0 Å². The van der Waals surface area contributed by atoms with Crippen LogP contribution in [0.2, 0.25) is 5.02 Å². The van der Waals surface area contributed by atoms with E-state index in [-0.39, 0.29) is 17.2 Å². The molecule has 3 unspecified atom stereocenters. The first-order valence-corrected chi connectivity index (χ1v) is 10.3. The molecule has 0 radical (unpaired) electrons. The minimum atomic E-state index is -0.382. The topological polar surface area (TPSA) is 46.8 Å². The quantitative estimate of drug-likeness (QED) is 0.726. The van der Waals surface area contributed by atoms with Crippen molar-refractivity contribution >= 4 is 23.5 Å². The average Bonchev–Trinajstić information content (AvgIpc) is 3.25. The molecular formula is C23H24ClN3O. The van der Waals surface area contributed by atoms with Gasteiger partial charge in [0.15, 0.2) is 5.66 Å². The monoisotopic (exact) mass is 393 g/mol. The van der Waals surface area contributed by atoms with Crippen molar-refractivity contribution in [3.63, 3.8) is 0 Å². The maximum atomic E-state index is 6.15. The number of ether oxygens (including phenoxy) is 1. The molecule has 2 aromatic rings. The highest BCUT2D eigenvalue weighted by atomic mass is 35.5. The Balaban J connectivity index is 1.52. The van der Waals surface area contributed by atoms with Gasteiger partial charge in [0.1, 0.15) is 0 Å². The van der Waals surface area contributed by atoms with Crippen LogP contribution in [0.25, 0.3) is 11.1 Å². The zero-order chi connectivity index (χ0) is 19.4. The third-order valence-corrected chi connectivity index (χ3v) is 6.97. The van der Waals surface area contributed by atoms with Crippen molar-refractivity contribution in [1.82, 2.24) is 4.98 Å². The van der Waals surface area contributed by atoms with Gasteiger partial charge in [-0.15, -0.1) is 0 Å². The maximum Gasteiger partial charge on any atom is 0.159 e. The lowest BCUT2D eigenvalue weighted by atomic mass is 9.63. The second-order valence-corrected chi connectivity index (χ2v) is 8.87. The average molecular weight is 394 g/mol. The van der Waals surface area contributed by atoms with Crippen LogP contribution in [-0.4, -0.2) is 35.8 Å². The number of aliphatic imine (C=N–C) groups is 2. The van der Waals surface area contributed by atoms with Gasteiger partial charge >= 0.3 is 0 Å². The van der Waals surface area contributed by atoms with Crippen molar-refractivity contribution in [2.45, 2.75) is 50.8 Å². The van der Waals surface area contributed by atoms with E-state index in [9.17, 15) is 0 Å². The fourth-order valence-electron chi connectivity index (χ4n) is 5.34. The van der Waals surface area contributed by atoms with E-state index in [1.807, 2.05) is 18.5 Å². The van der Waals surface area contributed by atoms with Gasteiger partial charge in [-0.1, -0.05) is 29.8 Å². The molecule has 144 valence electrons. The van der Waals surface area contributed by atoms with Crippen LogP contribution >= 0.6 is 11.6 Å². The summed E-state index contributed by atoms with van der Waals surface area (Å²) in [6.45, 7) is 2.05. The number of methoxy groups -OCH3 is 1. The lowest BCUT2D eigenvalue weighted by Crippen LogP contribution is -2.51. The Morgan fingerprint density at radius 1 is 1.11 bits per heavy atom. The normalized spacial score (nSPS) is 30.8. The zero-order valence-corrected chi connectivity index (χ0v) is 17.0. The molecule has 0 N–H and O–H groups in total. The number of pyridine rings is 1. The number of nitrogens with zero attached hydrogens (tertiary/aromatic N) is 3. The summed E-state index contributed by atoms with van der Waals surface area (Å²) >= 11 is 6.15. The van der Waals surface area contributed by atoms with Gasteiger partial charge in [-0.3, -0.25) is 15.0 Å². The van der Waals surface area contributed by atoms with Gasteiger partial charge in [0, 0.05) is 43.1 Å². The lowest BCUT2D eigenvalue weighted by molar-refractivity contribution is -0.0222. The first-order chi connectivity index (χ1) is 13.5. The second-order valence-electron chi connectivity index (χ2n) is 8.44. The molecule has 1 fully saturated rings. The number of hydrogen-bond donors (Lipinski definition) is 0. The van der Waals surface area contributed by atoms with Gasteiger partial charge in [-0.25, -0.2) is 0 Å². The molecule has 1 aromatic heterocycles. The Hall–Kier alpha value is -2.04. The summed E-state index contributed by atoms with van der Waals surface area (Å²) in [6, 6.07) is 8.74. The molecule has 2 spiro atoms. The van der Waals surface area contributed by atoms with Crippen LogP contribution in [0.3, 0.4) is 0 Å². The molecule has 1 aliphatic heterocycles. The molecule has 4 nitrogen and oxygen atoms in total. The second kappa shape index (κ2) is 6.50. The highest BCUT2D eigenvalue weighted by molar-refractivity contribution is 6.31. The van der Waals surface area contributed by atoms with E-state index in [2.05, 4.69) is 30.1 Å². The number of rotatable bonds is 2. The molecule has 0 bridgehead atoms. The van der Waals surface area contributed by atoms with E-state index in [0.29, 0.717) is 5.02 Å². The number of aromatic nitrogens is 1. The van der Waals surface area contributed by atoms with E-state index in [1.165, 1.54) is 16.7 Å². The van der Waals surface area contributed by atoms with Crippen LogP contribution in [0.15, 0.2) is 46.6 Å². The van der Waals surface area contributed by atoms with Gasteiger partial charge in [-0.05, 0) is 55.4 Å². The molecule has 0 saturated heterocycles. The zero-order valence-electron chi connectivity index (χ0n) is 16.3. The van der Waals surface area contributed by atoms with Crippen LogP contribution in [0, 0.1) is 5.41 Å². The van der Waals surface area contributed by atoms with Crippen molar-refractivity contribution in [2.24, 2.45) is 15.4 Å². The van der Waals surface area contributed by atoms with E-state index >= 15 is 0 Å². The highest BCUT2D eigenvalue weighted by Gasteiger charge is 2.58. The van der Waals surface area contributed by atoms with Crippen LogP contribution in [0.4, 0.5) is 0 Å². The Kier molecular flexibility index (Phi) is 4.18. The summed E-state index contributed by atoms with van der Waals surface area (Å²) in [5.41, 5.74) is 5.74. The Labute approximate surface area is 170 Å². The smallest absolute Gasteiger partial charge is 0.159 e. The molecular weight excluding hydrogens is 370 g/mol. The van der Waals surface area contributed by atoms with Gasteiger partial charge in [0.2, 0.25) is 0 Å². The third kappa shape index (κ3) is 2.73. The van der Waals surface area contributed by atoms with Crippen LogP contribution in [0.5, 0.6) is 0 Å². The fourth-order valence-corrected chi connectivity index (χ4v) is 5.52. The molecule has 3 aliphatic rings. The highest BCUT2D eigenvalue weighted by Crippen LogP contribution is 2.56. The van der Waals surface area contributed by atoms with Crippen molar-refractivity contribution in [2.75, 3.05) is 7.11 Å².